The highest BCUT2D eigenvalue weighted by Gasteiger charge is 2.47. The number of hydrogen-bond donors (Lipinski definition) is 1. The third kappa shape index (κ3) is 3.58. The van der Waals surface area contributed by atoms with Gasteiger partial charge in [-0.2, -0.15) is 13.2 Å². The Hall–Kier alpha value is -0.820. The van der Waals surface area contributed by atoms with Gasteiger partial charge in [-0.1, -0.05) is 6.92 Å². The van der Waals surface area contributed by atoms with Crippen LogP contribution in [0.4, 0.5) is 13.2 Å². The lowest BCUT2D eigenvalue weighted by Gasteiger charge is -2.41. The van der Waals surface area contributed by atoms with E-state index in [1.165, 1.54) is 11.8 Å². The topological polar surface area (TPSA) is 49.6 Å². The molecule has 0 aromatic carbocycles. The minimum Gasteiger partial charge on any atom is -0.340 e. The Bertz CT molecular complexity index is 288. The fraction of sp³-hybridized carbons (Fsp3) is 0.909. The van der Waals surface area contributed by atoms with Crippen molar-refractivity contribution in [2.75, 3.05) is 26.2 Å². The Morgan fingerprint density at radius 3 is 2.11 bits per heavy atom. The molecule has 1 rings (SSSR count). The molecule has 0 radical (unpaired) electrons. The van der Waals surface area contributed by atoms with Crippen molar-refractivity contribution in [2.24, 2.45) is 5.73 Å². The average Bonchev–Trinajstić information content (AvgIpc) is 2.27. The molecule has 18 heavy (non-hydrogen) atoms. The lowest BCUT2D eigenvalue weighted by Crippen LogP contribution is -2.61. The van der Waals surface area contributed by atoms with E-state index in [2.05, 4.69) is 0 Å². The fourth-order valence-corrected chi connectivity index (χ4v) is 2.26. The Morgan fingerprint density at radius 1 is 1.28 bits per heavy atom. The number of rotatable bonds is 3. The van der Waals surface area contributed by atoms with Crippen LogP contribution in [0, 0.1) is 0 Å². The van der Waals surface area contributed by atoms with Gasteiger partial charge in [-0.25, -0.2) is 0 Å². The number of amides is 1. The van der Waals surface area contributed by atoms with E-state index in [4.69, 9.17) is 5.73 Å². The van der Waals surface area contributed by atoms with Gasteiger partial charge in [-0.05, 0) is 6.42 Å². The minimum absolute atomic E-state index is 0.0991. The van der Waals surface area contributed by atoms with Gasteiger partial charge < -0.3 is 10.6 Å². The molecule has 1 fully saturated rings. The van der Waals surface area contributed by atoms with E-state index in [0.29, 0.717) is 13.1 Å². The van der Waals surface area contributed by atoms with Crippen LogP contribution in [-0.2, 0) is 4.79 Å². The maximum atomic E-state index is 13.0. The summed E-state index contributed by atoms with van der Waals surface area (Å²) in [6, 6.07) is -2.54. The molecule has 4 nitrogen and oxygen atoms in total. The molecule has 1 heterocycles. The molecule has 2 N–H and O–H groups in total. The van der Waals surface area contributed by atoms with Crippen LogP contribution in [0.2, 0.25) is 0 Å². The summed E-state index contributed by atoms with van der Waals surface area (Å²) in [7, 11) is 0. The second-order valence-electron chi connectivity index (χ2n) is 4.60. The molecule has 0 saturated carbocycles. The minimum atomic E-state index is -4.33. The van der Waals surface area contributed by atoms with Gasteiger partial charge in [0.05, 0.1) is 0 Å². The van der Waals surface area contributed by atoms with E-state index in [-0.39, 0.29) is 25.4 Å². The Labute approximate surface area is 105 Å². The van der Waals surface area contributed by atoms with Crippen LogP contribution in [0.25, 0.3) is 0 Å². The summed E-state index contributed by atoms with van der Waals surface area (Å²) in [5.41, 5.74) is 5.59. The van der Waals surface area contributed by atoms with Crippen LogP contribution in [0.3, 0.4) is 0 Å². The summed E-state index contributed by atoms with van der Waals surface area (Å²) in [6.45, 7) is 4.18. The monoisotopic (exact) mass is 267 g/mol. The molecule has 2 atom stereocenters. The number of alkyl halides is 3. The van der Waals surface area contributed by atoms with Gasteiger partial charge in [-0.3, -0.25) is 9.69 Å². The van der Waals surface area contributed by atoms with E-state index in [9.17, 15) is 18.0 Å². The van der Waals surface area contributed by atoms with Gasteiger partial charge in [0.15, 0.2) is 0 Å². The summed E-state index contributed by atoms with van der Waals surface area (Å²) in [4.78, 5) is 14.0. The molecule has 1 aliphatic heterocycles. The number of nitrogens with zero attached hydrogens (tertiary/aromatic N) is 2. The van der Waals surface area contributed by atoms with Crippen molar-refractivity contribution in [3.63, 3.8) is 0 Å². The average molecular weight is 267 g/mol. The highest BCUT2D eigenvalue weighted by molar-refractivity contribution is 5.73. The molecule has 0 aromatic rings. The Morgan fingerprint density at radius 2 is 1.78 bits per heavy atom. The van der Waals surface area contributed by atoms with Crippen molar-refractivity contribution in [1.82, 2.24) is 9.80 Å². The number of nitrogens with two attached hydrogens (primary N) is 1. The molecule has 2 unspecified atom stereocenters. The van der Waals surface area contributed by atoms with Crippen molar-refractivity contribution >= 4 is 5.91 Å². The molecule has 7 heteroatoms. The molecule has 1 amide bonds. The first-order valence-corrected chi connectivity index (χ1v) is 6.09. The van der Waals surface area contributed by atoms with Crippen LogP contribution < -0.4 is 5.73 Å². The highest BCUT2D eigenvalue weighted by atomic mass is 19.4. The second kappa shape index (κ2) is 5.88. The SMILES string of the molecule is CCC(N)C(N1CCN(C(C)=O)CC1)C(F)(F)F. The maximum Gasteiger partial charge on any atom is 0.405 e. The first kappa shape index (κ1) is 15.2. The summed E-state index contributed by atoms with van der Waals surface area (Å²) >= 11 is 0. The summed E-state index contributed by atoms with van der Waals surface area (Å²) in [5.74, 6) is -0.0991. The fourth-order valence-electron chi connectivity index (χ4n) is 2.26. The quantitative estimate of drug-likeness (QED) is 0.823. The molecule has 1 saturated heterocycles. The van der Waals surface area contributed by atoms with Crippen molar-refractivity contribution < 1.29 is 18.0 Å². The van der Waals surface area contributed by atoms with Gasteiger partial charge in [-0.15, -0.1) is 0 Å². The van der Waals surface area contributed by atoms with Crippen LogP contribution in [0.15, 0.2) is 0 Å². The summed E-state index contributed by atoms with van der Waals surface area (Å²) in [6.07, 6.45) is -4.05. The van der Waals surface area contributed by atoms with Gasteiger partial charge in [0, 0.05) is 39.1 Å². The van der Waals surface area contributed by atoms with Crippen LogP contribution in [0.1, 0.15) is 20.3 Å². The molecule has 1 aliphatic rings. The zero-order valence-electron chi connectivity index (χ0n) is 10.7. The van der Waals surface area contributed by atoms with E-state index in [1.54, 1.807) is 11.8 Å². The van der Waals surface area contributed by atoms with Crippen LogP contribution in [0.5, 0.6) is 0 Å². The maximum absolute atomic E-state index is 13.0. The highest BCUT2D eigenvalue weighted by Crippen LogP contribution is 2.28. The first-order valence-electron chi connectivity index (χ1n) is 6.09. The molecule has 0 spiro atoms. The smallest absolute Gasteiger partial charge is 0.340 e. The molecule has 106 valence electrons. The van der Waals surface area contributed by atoms with Gasteiger partial charge in [0.1, 0.15) is 6.04 Å². The van der Waals surface area contributed by atoms with Gasteiger partial charge in [0.25, 0.3) is 0 Å². The van der Waals surface area contributed by atoms with Crippen molar-refractivity contribution in [2.45, 2.75) is 38.5 Å². The standard InChI is InChI=1S/C11H20F3N3O/c1-3-9(15)10(11(12,13)14)17-6-4-16(5-7-17)8(2)18/h9-10H,3-7,15H2,1-2H3. The van der Waals surface area contributed by atoms with Gasteiger partial charge >= 0.3 is 6.18 Å². The summed E-state index contributed by atoms with van der Waals surface area (Å²) < 4.78 is 39.0. The van der Waals surface area contributed by atoms with Crippen molar-refractivity contribution in [3.05, 3.63) is 0 Å². The van der Waals surface area contributed by atoms with E-state index in [1.807, 2.05) is 0 Å². The largest absolute Gasteiger partial charge is 0.405 e. The van der Waals surface area contributed by atoms with E-state index in [0.717, 1.165) is 0 Å². The molecule has 0 aromatic heterocycles. The number of piperazine rings is 1. The van der Waals surface area contributed by atoms with Crippen LogP contribution in [-0.4, -0.2) is 60.1 Å². The third-order valence-corrected chi connectivity index (χ3v) is 3.37. The zero-order chi connectivity index (χ0) is 13.9. The zero-order valence-corrected chi connectivity index (χ0v) is 10.7. The second-order valence-corrected chi connectivity index (χ2v) is 4.60. The Balaban J connectivity index is 2.69. The number of carbonyl (C=O) groups is 1. The Kier molecular flexibility index (Phi) is 4.98. The first-order chi connectivity index (χ1) is 8.27. The van der Waals surface area contributed by atoms with Crippen LogP contribution >= 0.6 is 0 Å². The number of carbonyl (C=O) groups excluding carboxylic acids is 1. The van der Waals surface area contributed by atoms with E-state index >= 15 is 0 Å². The van der Waals surface area contributed by atoms with Crippen molar-refractivity contribution in [3.8, 4) is 0 Å². The number of hydrogen-bond acceptors (Lipinski definition) is 3. The molecule has 0 bridgehead atoms. The third-order valence-electron chi connectivity index (χ3n) is 3.37. The number of halogens is 3. The summed E-state index contributed by atoms with van der Waals surface area (Å²) in [5, 5.41) is 0. The van der Waals surface area contributed by atoms with Gasteiger partial charge in [0.2, 0.25) is 5.91 Å². The van der Waals surface area contributed by atoms with E-state index < -0.39 is 18.3 Å². The molecular weight excluding hydrogens is 247 g/mol. The molecule has 0 aliphatic carbocycles. The normalized spacial score (nSPS) is 21.8. The lowest BCUT2D eigenvalue weighted by molar-refractivity contribution is -0.193. The predicted molar refractivity (Wildman–Crippen MR) is 61.9 cm³/mol. The lowest BCUT2D eigenvalue weighted by atomic mass is 10.0. The van der Waals surface area contributed by atoms with Crippen molar-refractivity contribution in [1.29, 1.82) is 0 Å². The predicted octanol–water partition coefficient (Wildman–Crippen LogP) is 0.819. The molecular formula is C11H20F3N3O.